The summed E-state index contributed by atoms with van der Waals surface area (Å²) in [5.74, 6) is 0.496. The summed E-state index contributed by atoms with van der Waals surface area (Å²) in [7, 11) is 0. The third-order valence-corrected chi connectivity index (χ3v) is 3.71. The van der Waals surface area contributed by atoms with Crippen molar-refractivity contribution in [2.45, 2.75) is 13.3 Å². The number of benzene rings is 1. The van der Waals surface area contributed by atoms with E-state index in [2.05, 4.69) is 15.1 Å². The summed E-state index contributed by atoms with van der Waals surface area (Å²) in [5, 5.41) is 3.93. The van der Waals surface area contributed by atoms with Gasteiger partial charge in [0.1, 0.15) is 12.3 Å². The Balaban J connectivity index is 1.39. The first-order valence-corrected chi connectivity index (χ1v) is 8.48. The molecule has 0 aliphatic heterocycles. The molecule has 2 N–H and O–H groups in total. The molecule has 0 saturated heterocycles. The molecule has 2 heterocycles. The molecule has 0 radical (unpaired) electrons. The van der Waals surface area contributed by atoms with Crippen LogP contribution in [0.2, 0.25) is 0 Å². The van der Waals surface area contributed by atoms with Crippen molar-refractivity contribution in [3.05, 3.63) is 59.6 Å². The van der Waals surface area contributed by atoms with Crippen LogP contribution in [-0.4, -0.2) is 40.9 Å². The van der Waals surface area contributed by atoms with E-state index in [4.69, 9.17) is 19.7 Å². The van der Waals surface area contributed by atoms with Gasteiger partial charge >= 0.3 is 5.97 Å². The number of hydrogen-bond donors (Lipinski definition) is 1. The third kappa shape index (κ3) is 5.11. The van der Waals surface area contributed by atoms with Crippen LogP contribution in [0, 0.1) is 6.92 Å². The molecule has 1 aromatic carbocycles. The number of aromatic nitrogens is 3. The Kier molecular flexibility index (Phi) is 6.11. The number of pyridine rings is 1. The lowest BCUT2D eigenvalue weighted by Crippen LogP contribution is -2.11. The summed E-state index contributed by atoms with van der Waals surface area (Å²) >= 11 is 0. The van der Waals surface area contributed by atoms with E-state index in [1.807, 2.05) is 13.0 Å². The van der Waals surface area contributed by atoms with E-state index in [1.54, 1.807) is 36.5 Å². The number of anilines is 1. The molecule has 0 atom stereocenters. The molecule has 8 nitrogen and oxygen atoms in total. The van der Waals surface area contributed by atoms with Crippen LogP contribution < -0.4 is 5.73 Å². The maximum atomic E-state index is 11.8. The first-order chi connectivity index (χ1) is 13.1. The minimum Gasteiger partial charge on any atom is -0.460 e. The third-order valence-electron chi connectivity index (χ3n) is 3.71. The monoisotopic (exact) mass is 368 g/mol. The zero-order chi connectivity index (χ0) is 19.1. The molecule has 0 saturated carbocycles. The minimum atomic E-state index is -0.368. The highest BCUT2D eigenvalue weighted by Crippen LogP contribution is 2.19. The molecular formula is C19H20N4O4. The number of hydrogen-bond acceptors (Lipinski definition) is 8. The number of carbonyl (C=O) groups excluding carboxylic acids is 1. The van der Waals surface area contributed by atoms with Crippen molar-refractivity contribution in [3.63, 3.8) is 0 Å². The molecule has 3 rings (SSSR count). The van der Waals surface area contributed by atoms with Crippen LogP contribution in [0.1, 0.15) is 21.8 Å². The maximum absolute atomic E-state index is 11.8. The number of esters is 1. The normalized spacial score (nSPS) is 10.7. The van der Waals surface area contributed by atoms with E-state index in [9.17, 15) is 4.79 Å². The van der Waals surface area contributed by atoms with Crippen molar-refractivity contribution < 1.29 is 18.8 Å². The molecular weight excluding hydrogens is 348 g/mol. The van der Waals surface area contributed by atoms with Crippen molar-refractivity contribution in [2.75, 3.05) is 25.6 Å². The summed E-state index contributed by atoms with van der Waals surface area (Å²) in [4.78, 5) is 20.3. The fraction of sp³-hybridized carbons (Fsp3) is 0.263. The second kappa shape index (κ2) is 8.91. The maximum Gasteiger partial charge on any atom is 0.338 e. The fourth-order valence-electron chi connectivity index (χ4n) is 2.40. The molecule has 0 aliphatic carbocycles. The molecule has 8 heteroatoms. The zero-order valence-electron chi connectivity index (χ0n) is 14.9. The Hall–Kier alpha value is -3.26. The Morgan fingerprint density at radius 3 is 2.78 bits per heavy atom. The topological polar surface area (TPSA) is 113 Å². The van der Waals surface area contributed by atoms with E-state index < -0.39 is 0 Å². The van der Waals surface area contributed by atoms with Gasteiger partial charge in [-0.3, -0.25) is 4.98 Å². The SMILES string of the molecule is Cc1cc(N)cnc1-c1noc(CCOCCOC(=O)c2ccccc2)n1. The molecule has 27 heavy (non-hydrogen) atoms. The van der Waals surface area contributed by atoms with Gasteiger partial charge in [-0.15, -0.1) is 0 Å². The van der Waals surface area contributed by atoms with Crippen molar-refractivity contribution in [3.8, 4) is 11.5 Å². The zero-order valence-corrected chi connectivity index (χ0v) is 14.9. The van der Waals surface area contributed by atoms with Gasteiger partial charge in [-0.1, -0.05) is 23.4 Å². The molecule has 0 fully saturated rings. The van der Waals surface area contributed by atoms with Gasteiger partial charge in [0.2, 0.25) is 11.7 Å². The average molecular weight is 368 g/mol. The van der Waals surface area contributed by atoms with Crippen molar-refractivity contribution >= 4 is 11.7 Å². The molecule has 0 unspecified atom stereocenters. The quantitative estimate of drug-likeness (QED) is 0.476. The van der Waals surface area contributed by atoms with Crippen LogP contribution in [0.3, 0.4) is 0 Å². The number of ether oxygens (including phenoxy) is 2. The highest BCUT2D eigenvalue weighted by Gasteiger charge is 2.12. The number of rotatable bonds is 8. The molecule has 0 spiro atoms. The standard InChI is InChI=1S/C19H20N4O4/c1-13-11-15(20)12-21-17(13)18-22-16(27-23-18)7-8-25-9-10-26-19(24)14-5-3-2-4-6-14/h2-6,11-12H,7-10,20H2,1H3. The molecule has 0 amide bonds. The summed E-state index contributed by atoms with van der Waals surface area (Å²) in [6, 6.07) is 10.6. The van der Waals surface area contributed by atoms with Gasteiger partial charge in [-0.25, -0.2) is 4.79 Å². The van der Waals surface area contributed by atoms with E-state index in [-0.39, 0.29) is 19.2 Å². The lowest BCUT2D eigenvalue weighted by Gasteiger charge is -2.05. The van der Waals surface area contributed by atoms with Crippen molar-refractivity contribution in [1.29, 1.82) is 0 Å². The van der Waals surface area contributed by atoms with Gasteiger partial charge in [-0.2, -0.15) is 4.98 Å². The first kappa shape index (κ1) is 18.5. The number of carbonyl (C=O) groups is 1. The van der Waals surface area contributed by atoms with Crippen LogP contribution in [-0.2, 0) is 15.9 Å². The van der Waals surface area contributed by atoms with Gasteiger partial charge in [0.25, 0.3) is 0 Å². The largest absolute Gasteiger partial charge is 0.460 e. The second-order valence-electron chi connectivity index (χ2n) is 5.81. The van der Waals surface area contributed by atoms with Gasteiger partial charge in [0.15, 0.2) is 0 Å². The van der Waals surface area contributed by atoms with Gasteiger partial charge in [-0.05, 0) is 30.7 Å². The summed E-state index contributed by atoms with van der Waals surface area (Å²) in [6.07, 6.45) is 2.01. The minimum absolute atomic E-state index is 0.178. The predicted octanol–water partition coefficient (Wildman–Crippen LogP) is 2.44. The van der Waals surface area contributed by atoms with E-state index >= 15 is 0 Å². The lowest BCUT2D eigenvalue weighted by atomic mass is 10.2. The van der Waals surface area contributed by atoms with E-state index in [0.717, 1.165) is 5.56 Å². The molecule has 3 aromatic rings. The number of nitrogens with zero attached hydrogens (tertiary/aromatic N) is 3. The van der Waals surface area contributed by atoms with Crippen molar-refractivity contribution in [1.82, 2.24) is 15.1 Å². The smallest absolute Gasteiger partial charge is 0.338 e. The highest BCUT2D eigenvalue weighted by atomic mass is 16.6. The molecule has 0 bridgehead atoms. The lowest BCUT2D eigenvalue weighted by molar-refractivity contribution is 0.0315. The van der Waals surface area contributed by atoms with Crippen LogP contribution in [0.15, 0.2) is 47.1 Å². The first-order valence-electron chi connectivity index (χ1n) is 8.48. The van der Waals surface area contributed by atoms with Gasteiger partial charge in [0, 0.05) is 0 Å². The summed E-state index contributed by atoms with van der Waals surface area (Å²) in [6.45, 7) is 2.73. The van der Waals surface area contributed by atoms with Crippen LogP contribution in [0.5, 0.6) is 0 Å². The fourth-order valence-corrected chi connectivity index (χ4v) is 2.40. The number of nitrogens with two attached hydrogens (primary N) is 1. The second-order valence-corrected chi connectivity index (χ2v) is 5.81. The Bertz CT molecular complexity index is 896. The van der Waals surface area contributed by atoms with Gasteiger partial charge < -0.3 is 19.7 Å². The summed E-state index contributed by atoms with van der Waals surface area (Å²) < 4.78 is 15.8. The van der Waals surface area contributed by atoms with Crippen LogP contribution in [0.4, 0.5) is 5.69 Å². The average Bonchev–Trinajstić information content (AvgIpc) is 3.13. The van der Waals surface area contributed by atoms with Crippen molar-refractivity contribution in [2.24, 2.45) is 0 Å². The molecule has 140 valence electrons. The number of nitrogen functional groups attached to an aromatic ring is 1. The Morgan fingerprint density at radius 2 is 2.00 bits per heavy atom. The van der Waals surface area contributed by atoms with Gasteiger partial charge in [0.05, 0.1) is 37.1 Å². The molecule has 0 aliphatic rings. The highest BCUT2D eigenvalue weighted by molar-refractivity contribution is 5.89. The number of aryl methyl sites for hydroxylation is 1. The van der Waals surface area contributed by atoms with E-state index in [0.29, 0.717) is 41.7 Å². The Morgan fingerprint density at radius 1 is 1.19 bits per heavy atom. The summed E-state index contributed by atoms with van der Waals surface area (Å²) in [5.41, 5.74) is 8.30. The van der Waals surface area contributed by atoms with Crippen LogP contribution >= 0.6 is 0 Å². The van der Waals surface area contributed by atoms with E-state index in [1.165, 1.54) is 0 Å². The van der Waals surface area contributed by atoms with Crippen LogP contribution in [0.25, 0.3) is 11.5 Å². The predicted molar refractivity (Wildman–Crippen MR) is 97.9 cm³/mol. The Labute approximate surface area is 156 Å². The molecule has 2 aromatic heterocycles.